The summed E-state index contributed by atoms with van der Waals surface area (Å²) in [5.74, 6) is 0.517. The van der Waals surface area contributed by atoms with E-state index in [1.54, 1.807) is 7.11 Å². The van der Waals surface area contributed by atoms with Gasteiger partial charge in [-0.15, -0.1) is 0 Å². The van der Waals surface area contributed by atoms with Crippen molar-refractivity contribution in [3.8, 4) is 5.75 Å². The number of imidazole rings is 1. The van der Waals surface area contributed by atoms with E-state index in [9.17, 15) is 4.79 Å². The number of nitrogens with two attached hydrogens (primary N) is 1. The van der Waals surface area contributed by atoms with Crippen LogP contribution in [0.2, 0.25) is 0 Å². The number of primary amides is 1. The van der Waals surface area contributed by atoms with Gasteiger partial charge in [0.25, 0.3) is 0 Å². The van der Waals surface area contributed by atoms with E-state index in [1.807, 2.05) is 22.8 Å². The highest BCUT2D eigenvalue weighted by Crippen LogP contribution is 2.24. The van der Waals surface area contributed by atoms with Crippen LogP contribution in [0.5, 0.6) is 5.75 Å². The molecule has 0 unspecified atom stereocenters. The van der Waals surface area contributed by atoms with Crippen molar-refractivity contribution in [1.29, 1.82) is 0 Å². The molecule has 1 heterocycles. The standard InChI is InChI=1S/C13H17N3O2S/c1-18-10-6-4-5-9-12(10)15-13(19)16(9)8-3-2-7-11(14)17/h4-6H,2-3,7-8H2,1H3,(H2,14,17)(H,15,19). The zero-order valence-electron chi connectivity index (χ0n) is 10.8. The molecular weight excluding hydrogens is 262 g/mol. The van der Waals surface area contributed by atoms with Gasteiger partial charge < -0.3 is 20.0 Å². The number of fused-ring (bicyclic) bond motifs is 1. The van der Waals surface area contributed by atoms with E-state index in [0.717, 1.165) is 36.2 Å². The molecular formula is C13H17N3O2S. The second kappa shape index (κ2) is 5.88. The fourth-order valence-electron chi connectivity index (χ4n) is 2.12. The number of amides is 1. The number of ether oxygens (including phenoxy) is 1. The van der Waals surface area contributed by atoms with Crippen LogP contribution in [0.4, 0.5) is 0 Å². The fourth-order valence-corrected chi connectivity index (χ4v) is 2.41. The van der Waals surface area contributed by atoms with Gasteiger partial charge in [0.15, 0.2) is 4.77 Å². The molecule has 1 amide bonds. The predicted molar refractivity (Wildman–Crippen MR) is 76.7 cm³/mol. The van der Waals surface area contributed by atoms with Gasteiger partial charge in [-0.2, -0.15) is 0 Å². The monoisotopic (exact) mass is 279 g/mol. The number of unbranched alkanes of at least 4 members (excludes halogenated alkanes) is 1. The van der Waals surface area contributed by atoms with Crippen molar-refractivity contribution in [3.05, 3.63) is 23.0 Å². The number of para-hydroxylation sites is 1. The normalized spacial score (nSPS) is 10.8. The molecule has 0 aliphatic heterocycles. The van der Waals surface area contributed by atoms with Gasteiger partial charge in [0.05, 0.1) is 12.6 Å². The van der Waals surface area contributed by atoms with Crippen molar-refractivity contribution in [2.45, 2.75) is 25.8 Å². The lowest BCUT2D eigenvalue weighted by Crippen LogP contribution is -2.10. The third kappa shape index (κ3) is 2.96. The Morgan fingerprint density at radius 2 is 2.26 bits per heavy atom. The predicted octanol–water partition coefficient (Wildman–Crippen LogP) is 2.36. The molecule has 0 atom stereocenters. The second-order valence-electron chi connectivity index (χ2n) is 4.36. The third-order valence-electron chi connectivity index (χ3n) is 3.05. The minimum atomic E-state index is -0.260. The van der Waals surface area contributed by atoms with Crippen molar-refractivity contribution in [3.63, 3.8) is 0 Å². The van der Waals surface area contributed by atoms with Gasteiger partial charge >= 0.3 is 0 Å². The first-order chi connectivity index (χ1) is 9.13. The number of hydrogen-bond donors (Lipinski definition) is 2. The van der Waals surface area contributed by atoms with Crippen molar-refractivity contribution >= 4 is 29.2 Å². The average molecular weight is 279 g/mol. The molecule has 3 N–H and O–H groups in total. The van der Waals surface area contributed by atoms with E-state index < -0.39 is 0 Å². The summed E-state index contributed by atoms with van der Waals surface area (Å²) in [6, 6.07) is 5.83. The zero-order chi connectivity index (χ0) is 13.8. The zero-order valence-corrected chi connectivity index (χ0v) is 11.6. The van der Waals surface area contributed by atoms with Gasteiger partial charge in [-0.05, 0) is 37.2 Å². The summed E-state index contributed by atoms with van der Waals surface area (Å²) in [5.41, 5.74) is 7.05. The van der Waals surface area contributed by atoms with Crippen LogP contribution in [0.1, 0.15) is 19.3 Å². The number of methoxy groups -OCH3 is 1. The molecule has 0 spiro atoms. The van der Waals surface area contributed by atoms with E-state index >= 15 is 0 Å². The van der Waals surface area contributed by atoms with Crippen LogP contribution in [-0.4, -0.2) is 22.6 Å². The van der Waals surface area contributed by atoms with Crippen LogP contribution >= 0.6 is 12.2 Å². The van der Waals surface area contributed by atoms with Crippen LogP contribution in [0.15, 0.2) is 18.2 Å². The maximum atomic E-state index is 10.7. The summed E-state index contributed by atoms with van der Waals surface area (Å²) in [6.07, 6.45) is 2.05. The van der Waals surface area contributed by atoms with Gasteiger partial charge in [0, 0.05) is 13.0 Å². The molecule has 0 bridgehead atoms. The summed E-state index contributed by atoms with van der Waals surface area (Å²) >= 11 is 5.32. The van der Waals surface area contributed by atoms with E-state index in [1.165, 1.54) is 0 Å². The number of aryl methyl sites for hydroxylation is 1. The van der Waals surface area contributed by atoms with Crippen LogP contribution in [0.25, 0.3) is 11.0 Å². The molecule has 0 aliphatic rings. The Morgan fingerprint density at radius 1 is 1.47 bits per heavy atom. The molecule has 0 saturated heterocycles. The Balaban J connectivity index is 2.21. The van der Waals surface area contributed by atoms with Crippen LogP contribution in [0, 0.1) is 4.77 Å². The van der Waals surface area contributed by atoms with E-state index in [-0.39, 0.29) is 5.91 Å². The number of carbonyl (C=O) groups excluding carboxylic acids is 1. The highest BCUT2D eigenvalue weighted by Gasteiger charge is 2.08. The number of H-pyrrole nitrogens is 1. The van der Waals surface area contributed by atoms with E-state index in [4.69, 9.17) is 22.7 Å². The molecule has 2 aromatic rings. The van der Waals surface area contributed by atoms with Gasteiger partial charge in [-0.25, -0.2) is 0 Å². The largest absolute Gasteiger partial charge is 0.494 e. The Bertz CT molecular complexity index is 645. The van der Waals surface area contributed by atoms with Crippen molar-refractivity contribution < 1.29 is 9.53 Å². The molecule has 2 rings (SSSR count). The first kappa shape index (κ1) is 13.6. The van der Waals surface area contributed by atoms with E-state index in [0.29, 0.717) is 11.2 Å². The SMILES string of the molecule is COc1cccc2c1[nH]c(=S)n2CCCCC(N)=O. The van der Waals surface area contributed by atoms with Crippen LogP contribution in [0.3, 0.4) is 0 Å². The summed E-state index contributed by atoms with van der Waals surface area (Å²) in [7, 11) is 1.63. The molecule has 5 nitrogen and oxygen atoms in total. The van der Waals surface area contributed by atoms with Gasteiger partial charge in [0.1, 0.15) is 11.3 Å². The maximum Gasteiger partial charge on any atom is 0.217 e. The lowest BCUT2D eigenvalue weighted by atomic mass is 10.2. The molecule has 1 aromatic heterocycles. The lowest BCUT2D eigenvalue weighted by molar-refractivity contribution is -0.118. The van der Waals surface area contributed by atoms with Crippen LogP contribution in [-0.2, 0) is 11.3 Å². The molecule has 0 aliphatic carbocycles. The number of carbonyl (C=O) groups is 1. The topological polar surface area (TPSA) is 73.0 Å². The van der Waals surface area contributed by atoms with Crippen molar-refractivity contribution in [1.82, 2.24) is 9.55 Å². The number of nitrogens with zero attached hydrogens (tertiary/aromatic N) is 1. The van der Waals surface area contributed by atoms with E-state index in [2.05, 4.69) is 4.98 Å². The number of aromatic nitrogens is 2. The Morgan fingerprint density at radius 3 is 2.95 bits per heavy atom. The number of nitrogens with one attached hydrogen (secondary N) is 1. The molecule has 0 fully saturated rings. The second-order valence-corrected chi connectivity index (χ2v) is 4.75. The number of benzene rings is 1. The highest BCUT2D eigenvalue weighted by molar-refractivity contribution is 7.71. The molecule has 6 heteroatoms. The first-order valence-electron chi connectivity index (χ1n) is 6.17. The Kier molecular flexibility index (Phi) is 4.21. The third-order valence-corrected chi connectivity index (χ3v) is 3.37. The fraction of sp³-hybridized carbons (Fsp3) is 0.385. The Hall–Kier alpha value is -1.82. The number of hydrogen-bond acceptors (Lipinski definition) is 3. The molecule has 19 heavy (non-hydrogen) atoms. The van der Waals surface area contributed by atoms with Crippen LogP contribution < -0.4 is 10.5 Å². The summed E-state index contributed by atoms with van der Waals surface area (Å²) in [5, 5.41) is 0. The number of rotatable bonds is 6. The minimum Gasteiger partial charge on any atom is -0.494 e. The van der Waals surface area contributed by atoms with Crippen molar-refractivity contribution in [2.24, 2.45) is 5.73 Å². The maximum absolute atomic E-state index is 10.7. The molecule has 102 valence electrons. The highest BCUT2D eigenvalue weighted by atomic mass is 32.1. The smallest absolute Gasteiger partial charge is 0.217 e. The van der Waals surface area contributed by atoms with Gasteiger partial charge in [-0.3, -0.25) is 4.79 Å². The van der Waals surface area contributed by atoms with Gasteiger partial charge in [0.2, 0.25) is 5.91 Å². The first-order valence-corrected chi connectivity index (χ1v) is 6.58. The van der Waals surface area contributed by atoms with Crippen molar-refractivity contribution in [2.75, 3.05) is 7.11 Å². The average Bonchev–Trinajstić information content (AvgIpc) is 2.70. The molecule has 0 radical (unpaired) electrons. The molecule has 1 aromatic carbocycles. The Labute approximate surface area is 116 Å². The quantitative estimate of drug-likeness (QED) is 0.630. The summed E-state index contributed by atoms with van der Waals surface area (Å²) in [4.78, 5) is 13.9. The summed E-state index contributed by atoms with van der Waals surface area (Å²) in [6.45, 7) is 0.763. The summed E-state index contributed by atoms with van der Waals surface area (Å²) < 4.78 is 7.99. The minimum absolute atomic E-state index is 0.260. The molecule has 0 saturated carbocycles. The lowest BCUT2D eigenvalue weighted by Gasteiger charge is -2.05. The van der Waals surface area contributed by atoms with Gasteiger partial charge in [-0.1, -0.05) is 6.07 Å². The number of aromatic amines is 1.